The topological polar surface area (TPSA) is 101 Å². The summed E-state index contributed by atoms with van der Waals surface area (Å²) in [4.78, 5) is 19.5. The van der Waals surface area contributed by atoms with Crippen molar-refractivity contribution in [2.45, 2.75) is 11.8 Å². The van der Waals surface area contributed by atoms with Gasteiger partial charge in [0, 0.05) is 36.9 Å². The van der Waals surface area contributed by atoms with E-state index in [0.717, 1.165) is 11.1 Å². The molecular weight excluding hydrogens is 264 g/mol. The highest BCUT2D eigenvalue weighted by Crippen LogP contribution is 2.27. The number of aromatic nitrogens is 2. The van der Waals surface area contributed by atoms with Crippen molar-refractivity contribution in [1.82, 2.24) is 9.97 Å². The summed E-state index contributed by atoms with van der Waals surface area (Å²) in [6.45, 7) is 1.42. The number of pyridine rings is 2. The third-order valence-electron chi connectivity index (χ3n) is 2.38. The van der Waals surface area contributed by atoms with E-state index < -0.39 is 0 Å². The van der Waals surface area contributed by atoms with Crippen molar-refractivity contribution >= 4 is 29.6 Å². The van der Waals surface area contributed by atoms with Gasteiger partial charge in [-0.15, -0.1) is 0 Å². The second kappa shape index (κ2) is 5.68. The van der Waals surface area contributed by atoms with Crippen LogP contribution in [0.2, 0.25) is 0 Å². The second-order valence-corrected chi connectivity index (χ2v) is 4.43. The number of hydrogen-bond donors (Lipinski definition) is 3. The largest absolute Gasteiger partial charge is 0.383 e. The number of nitrogens with zero attached hydrogens (tertiary/aromatic N) is 2. The molecule has 0 atom stereocenters. The molecule has 0 aliphatic heterocycles. The number of anilines is 2. The van der Waals surface area contributed by atoms with Crippen LogP contribution in [0.25, 0.3) is 11.1 Å². The fourth-order valence-corrected chi connectivity index (χ4v) is 1.87. The summed E-state index contributed by atoms with van der Waals surface area (Å²) in [6, 6.07) is 5.23. The SMILES string of the molecule is CC(=O)Nc1cc(-c2cnc(N)c(SO)c2)ccn1. The monoisotopic (exact) mass is 276 g/mol. The van der Waals surface area contributed by atoms with Gasteiger partial charge < -0.3 is 15.6 Å². The van der Waals surface area contributed by atoms with Gasteiger partial charge >= 0.3 is 0 Å². The summed E-state index contributed by atoms with van der Waals surface area (Å²) in [5.74, 6) is 0.541. The first-order valence-electron chi connectivity index (χ1n) is 5.41. The maximum Gasteiger partial charge on any atom is 0.222 e. The first kappa shape index (κ1) is 13.3. The Balaban J connectivity index is 2.38. The fraction of sp³-hybridized carbons (Fsp3) is 0.0833. The molecular formula is C12H12N4O2S. The molecule has 0 radical (unpaired) electrons. The predicted octanol–water partition coefficient (Wildman–Crippen LogP) is 2.25. The van der Waals surface area contributed by atoms with Gasteiger partial charge in [0.05, 0.1) is 4.90 Å². The van der Waals surface area contributed by atoms with Crippen LogP contribution in [0.3, 0.4) is 0 Å². The third-order valence-corrected chi connectivity index (χ3v) is 2.90. The summed E-state index contributed by atoms with van der Waals surface area (Å²) < 4.78 is 9.09. The highest BCUT2D eigenvalue weighted by molar-refractivity contribution is 7.94. The fourth-order valence-electron chi connectivity index (χ4n) is 1.54. The van der Waals surface area contributed by atoms with Gasteiger partial charge in [-0.2, -0.15) is 0 Å². The van der Waals surface area contributed by atoms with E-state index in [9.17, 15) is 4.79 Å². The zero-order chi connectivity index (χ0) is 13.8. The molecule has 2 heterocycles. The minimum Gasteiger partial charge on any atom is -0.383 e. The molecule has 0 spiro atoms. The first-order valence-corrected chi connectivity index (χ1v) is 6.18. The number of nitrogen functional groups attached to an aromatic ring is 1. The average Bonchev–Trinajstić information content (AvgIpc) is 2.39. The van der Waals surface area contributed by atoms with E-state index in [1.807, 2.05) is 0 Å². The number of carbonyl (C=O) groups excluding carboxylic acids is 1. The van der Waals surface area contributed by atoms with E-state index in [-0.39, 0.29) is 11.7 Å². The van der Waals surface area contributed by atoms with Gasteiger partial charge in [-0.3, -0.25) is 4.79 Å². The first-order chi connectivity index (χ1) is 9.10. The summed E-state index contributed by atoms with van der Waals surface area (Å²) in [5, 5.41) is 2.61. The van der Waals surface area contributed by atoms with Gasteiger partial charge in [0.15, 0.2) is 0 Å². The number of rotatable bonds is 3. The Labute approximate surface area is 114 Å². The molecule has 7 heteroatoms. The Morgan fingerprint density at radius 1 is 1.37 bits per heavy atom. The van der Waals surface area contributed by atoms with E-state index >= 15 is 0 Å². The van der Waals surface area contributed by atoms with Gasteiger partial charge in [0.25, 0.3) is 0 Å². The van der Waals surface area contributed by atoms with Gasteiger partial charge in [0.2, 0.25) is 5.91 Å². The minimum atomic E-state index is -0.188. The second-order valence-electron chi connectivity index (χ2n) is 3.81. The summed E-state index contributed by atoms with van der Waals surface area (Å²) in [5.41, 5.74) is 7.21. The molecule has 0 aliphatic carbocycles. The quantitative estimate of drug-likeness (QED) is 0.743. The maximum atomic E-state index is 11.0. The van der Waals surface area contributed by atoms with Gasteiger partial charge in [-0.1, -0.05) is 0 Å². The molecule has 0 saturated heterocycles. The van der Waals surface area contributed by atoms with Crippen molar-refractivity contribution in [3.05, 3.63) is 30.6 Å². The van der Waals surface area contributed by atoms with Crippen molar-refractivity contribution in [2.75, 3.05) is 11.1 Å². The van der Waals surface area contributed by atoms with Crippen molar-refractivity contribution < 1.29 is 9.35 Å². The molecule has 2 aromatic heterocycles. The molecule has 6 nitrogen and oxygen atoms in total. The molecule has 2 rings (SSSR count). The van der Waals surface area contributed by atoms with E-state index in [0.29, 0.717) is 22.8 Å². The summed E-state index contributed by atoms with van der Waals surface area (Å²) in [6.07, 6.45) is 3.19. The Hall–Kier alpha value is -2.12. The van der Waals surface area contributed by atoms with E-state index in [1.54, 1.807) is 30.6 Å². The maximum absolute atomic E-state index is 11.0. The van der Waals surface area contributed by atoms with Crippen LogP contribution >= 0.6 is 12.0 Å². The molecule has 4 N–H and O–H groups in total. The molecule has 0 unspecified atom stereocenters. The van der Waals surface area contributed by atoms with Crippen LogP contribution in [0.4, 0.5) is 11.6 Å². The lowest BCUT2D eigenvalue weighted by atomic mass is 10.1. The molecule has 2 aromatic rings. The van der Waals surface area contributed by atoms with Gasteiger partial charge in [-0.05, 0) is 23.8 Å². The molecule has 19 heavy (non-hydrogen) atoms. The molecule has 0 bridgehead atoms. The van der Waals surface area contributed by atoms with E-state index in [4.69, 9.17) is 10.3 Å². The van der Waals surface area contributed by atoms with E-state index in [2.05, 4.69) is 15.3 Å². The van der Waals surface area contributed by atoms with Crippen LogP contribution in [0, 0.1) is 0 Å². The van der Waals surface area contributed by atoms with Crippen LogP contribution in [0.15, 0.2) is 35.5 Å². The minimum absolute atomic E-state index is 0.188. The average molecular weight is 276 g/mol. The molecule has 1 amide bonds. The van der Waals surface area contributed by atoms with Crippen LogP contribution in [0.5, 0.6) is 0 Å². The number of nitrogens with two attached hydrogens (primary N) is 1. The zero-order valence-electron chi connectivity index (χ0n) is 10.1. The van der Waals surface area contributed by atoms with Crippen LogP contribution in [0.1, 0.15) is 6.92 Å². The molecule has 98 valence electrons. The highest BCUT2D eigenvalue weighted by atomic mass is 32.2. The lowest BCUT2D eigenvalue weighted by Gasteiger charge is -2.07. The zero-order valence-corrected chi connectivity index (χ0v) is 10.9. The van der Waals surface area contributed by atoms with Gasteiger partial charge in [0.1, 0.15) is 11.6 Å². The normalized spacial score (nSPS) is 10.2. The lowest BCUT2D eigenvalue weighted by Crippen LogP contribution is -2.07. The Morgan fingerprint density at radius 2 is 2.16 bits per heavy atom. The Morgan fingerprint density at radius 3 is 2.84 bits per heavy atom. The van der Waals surface area contributed by atoms with Crippen LogP contribution < -0.4 is 11.1 Å². The summed E-state index contributed by atoms with van der Waals surface area (Å²) >= 11 is 0.546. The summed E-state index contributed by atoms with van der Waals surface area (Å²) in [7, 11) is 0. The predicted molar refractivity (Wildman–Crippen MR) is 74.7 cm³/mol. The molecule has 0 aromatic carbocycles. The number of nitrogens with one attached hydrogen (secondary N) is 1. The number of amides is 1. The number of carbonyl (C=O) groups is 1. The molecule has 0 saturated carbocycles. The van der Waals surface area contributed by atoms with E-state index in [1.165, 1.54) is 6.92 Å². The molecule has 0 aliphatic rings. The Bertz CT molecular complexity index is 618. The van der Waals surface area contributed by atoms with Crippen molar-refractivity contribution in [1.29, 1.82) is 0 Å². The van der Waals surface area contributed by atoms with Crippen molar-refractivity contribution in [3.63, 3.8) is 0 Å². The highest BCUT2D eigenvalue weighted by Gasteiger charge is 2.06. The molecule has 0 fully saturated rings. The lowest BCUT2D eigenvalue weighted by molar-refractivity contribution is -0.114. The Kier molecular flexibility index (Phi) is 3.98. The van der Waals surface area contributed by atoms with Crippen LogP contribution in [-0.4, -0.2) is 20.4 Å². The van der Waals surface area contributed by atoms with Gasteiger partial charge in [-0.25, -0.2) is 9.97 Å². The van der Waals surface area contributed by atoms with Crippen molar-refractivity contribution in [2.24, 2.45) is 0 Å². The van der Waals surface area contributed by atoms with Crippen molar-refractivity contribution in [3.8, 4) is 11.1 Å². The smallest absolute Gasteiger partial charge is 0.222 e. The standard InChI is InChI=1S/C12H12N4O2S/c1-7(17)16-11-5-8(2-3-14-11)9-4-10(19-18)12(13)15-6-9/h2-6,18H,1H3,(H2,13,15)(H,14,16,17). The number of hydrogen-bond acceptors (Lipinski definition) is 6. The van der Waals surface area contributed by atoms with Crippen LogP contribution in [-0.2, 0) is 4.79 Å². The third kappa shape index (κ3) is 3.21.